The molecule has 1 N–H and O–H groups in total. The summed E-state index contributed by atoms with van der Waals surface area (Å²) in [5.74, 6) is 0.998. The molecule has 2 aliphatic heterocycles. The molecule has 2 saturated heterocycles. The van der Waals surface area contributed by atoms with Crippen LogP contribution in [0.4, 0.5) is 0 Å². The minimum absolute atomic E-state index is 0.842. The van der Waals surface area contributed by atoms with Crippen molar-refractivity contribution < 1.29 is 0 Å². The predicted molar refractivity (Wildman–Crippen MR) is 50.1 cm³/mol. The van der Waals surface area contributed by atoms with Crippen LogP contribution in [0, 0.1) is 5.92 Å². The van der Waals surface area contributed by atoms with E-state index in [9.17, 15) is 0 Å². The van der Waals surface area contributed by atoms with Crippen LogP contribution in [0.25, 0.3) is 0 Å². The molecule has 2 nitrogen and oxygen atoms in total. The lowest BCUT2D eigenvalue weighted by Gasteiger charge is -2.28. The number of piperidine rings is 1. The molecule has 2 atom stereocenters. The normalized spacial score (nSPS) is 41.7. The summed E-state index contributed by atoms with van der Waals surface area (Å²) in [7, 11) is 0. The second kappa shape index (κ2) is 2.95. The maximum Gasteiger partial charge on any atom is 0.0348 e. The van der Waals surface area contributed by atoms with Crippen LogP contribution in [-0.4, -0.2) is 28.8 Å². The van der Waals surface area contributed by atoms with Crippen molar-refractivity contribution in [3.8, 4) is 0 Å². The van der Waals surface area contributed by atoms with Crippen LogP contribution in [0.3, 0.4) is 0 Å². The fraction of sp³-hybridized carbons (Fsp3) is 1.00. The summed E-state index contributed by atoms with van der Waals surface area (Å²) in [6.45, 7) is 3.76. The number of rotatable bonds is 0. The van der Waals surface area contributed by atoms with Crippen LogP contribution in [0.15, 0.2) is 0 Å². The molecule has 58 valence electrons. The van der Waals surface area contributed by atoms with Crippen molar-refractivity contribution in [2.24, 2.45) is 5.92 Å². The molecule has 2 rings (SSSR count). The highest BCUT2D eigenvalue weighted by molar-refractivity contribution is 14.1. The highest BCUT2D eigenvalue weighted by atomic mass is 127. The van der Waals surface area contributed by atoms with Gasteiger partial charge in [0, 0.05) is 42.0 Å². The molecule has 3 heteroatoms. The Morgan fingerprint density at radius 3 is 3.10 bits per heavy atom. The highest BCUT2D eigenvalue weighted by Crippen LogP contribution is 2.30. The smallest absolute Gasteiger partial charge is 0.0348 e. The van der Waals surface area contributed by atoms with Crippen molar-refractivity contribution in [3.63, 3.8) is 0 Å². The summed E-state index contributed by atoms with van der Waals surface area (Å²) in [5, 5.41) is 3.44. The Kier molecular flexibility index (Phi) is 2.15. The van der Waals surface area contributed by atoms with Crippen LogP contribution in [0.5, 0.6) is 0 Å². The zero-order valence-corrected chi connectivity index (χ0v) is 8.17. The molecule has 2 fully saturated rings. The van der Waals surface area contributed by atoms with Crippen LogP contribution in [-0.2, 0) is 0 Å². The predicted octanol–water partition coefficient (Wildman–Crippen LogP) is 1.02. The van der Waals surface area contributed by atoms with Crippen molar-refractivity contribution in [1.29, 1.82) is 0 Å². The van der Waals surface area contributed by atoms with Gasteiger partial charge in [0.2, 0.25) is 0 Å². The molecule has 0 aliphatic carbocycles. The average molecular weight is 252 g/mol. The molecule has 0 radical (unpaired) electrons. The largest absolute Gasteiger partial charge is 0.315 e. The Morgan fingerprint density at radius 1 is 1.40 bits per heavy atom. The van der Waals surface area contributed by atoms with E-state index in [0.29, 0.717) is 0 Å². The summed E-state index contributed by atoms with van der Waals surface area (Å²) in [6, 6.07) is 0.842. The number of hydrogen-bond acceptors (Lipinski definition) is 2. The quantitative estimate of drug-likeness (QED) is 0.511. The van der Waals surface area contributed by atoms with Crippen molar-refractivity contribution >= 4 is 22.9 Å². The maximum absolute atomic E-state index is 3.44. The molecule has 0 aromatic rings. The molecule has 0 aromatic heterocycles. The van der Waals surface area contributed by atoms with Crippen LogP contribution >= 0.6 is 22.9 Å². The Bertz CT molecular complexity index is 127. The molecule has 2 unspecified atom stereocenters. The van der Waals surface area contributed by atoms with E-state index in [4.69, 9.17) is 0 Å². The fourth-order valence-electron chi connectivity index (χ4n) is 2.02. The molecule has 0 aromatic carbocycles. The van der Waals surface area contributed by atoms with Gasteiger partial charge in [-0.15, -0.1) is 0 Å². The zero-order valence-electron chi connectivity index (χ0n) is 6.02. The van der Waals surface area contributed by atoms with Gasteiger partial charge in [-0.1, -0.05) is 0 Å². The number of fused-ring (bicyclic) bond motifs is 1. The summed E-state index contributed by atoms with van der Waals surface area (Å²) < 4.78 is 2.47. The van der Waals surface area contributed by atoms with E-state index < -0.39 is 0 Å². The molecule has 0 amide bonds. The van der Waals surface area contributed by atoms with E-state index in [0.717, 1.165) is 12.0 Å². The molecular weight excluding hydrogens is 239 g/mol. The van der Waals surface area contributed by atoms with Crippen molar-refractivity contribution in [3.05, 3.63) is 0 Å². The lowest BCUT2D eigenvalue weighted by atomic mass is 9.94. The first-order valence-electron chi connectivity index (χ1n) is 4.01. The summed E-state index contributed by atoms with van der Waals surface area (Å²) in [5.41, 5.74) is 0. The summed E-state index contributed by atoms with van der Waals surface area (Å²) in [4.78, 5) is 0. The van der Waals surface area contributed by atoms with Gasteiger partial charge in [0.05, 0.1) is 0 Å². The van der Waals surface area contributed by atoms with Crippen molar-refractivity contribution in [1.82, 2.24) is 8.43 Å². The first kappa shape index (κ1) is 7.31. The first-order valence-corrected chi connectivity index (χ1v) is 4.97. The molecular formula is C7H13IN2. The van der Waals surface area contributed by atoms with Crippen LogP contribution in [0.1, 0.15) is 12.8 Å². The third-order valence-corrected chi connectivity index (χ3v) is 3.86. The SMILES string of the molecule is IN1CCC2CCNCC21. The summed E-state index contributed by atoms with van der Waals surface area (Å²) >= 11 is 2.46. The van der Waals surface area contributed by atoms with Crippen LogP contribution in [0.2, 0.25) is 0 Å². The Labute approximate surface area is 75.8 Å². The van der Waals surface area contributed by atoms with Gasteiger partial charge >= 0.3 is 0 Å². The number of halogens is 1. The van der Waals surface area contributed by atoms with Gasteiger partial charge in [0.15, 0.2) is 0 Å². The summed E-state index contributed by atoms with van der Waals surface area (Å²) in [6.07, 6.45) is 2.82. The Balaban J connectivity index is 2.01. The molecule has 10 heavy (non-hydrogen) atoms. The lowest BCUT2D eigenvalue weighted by molar-refractivity contribution is 0.302. The van der Waals surface area contributed by atoms with Gasteiger partial charge < -0.3 is 5.32 Å². The van der Waals surface area contributed by atoms with Gasteiger partial charge in [-0.25, -0.2) is 3.11 Å². The Morgan fingerprint density at radius 2 is 2.30 bits per heavy atom. The van der Waals surface area contributed by atoms with Gasteiger partial charge in [-0.05, 0) is 25.3 Å². The molecule has 2 heterocycles. The molecule has 0 spiro atoms. The van der Waals surface area contributed by atoms with Crippen LogP contribution < -0.4 is 5.32 Å². The molecule has 0 bridgehead atoms. The van der Waals surface area contributed by atoms with Gasteiger partial charge in [0.25, 0.3) is 0 Å². The third kappa shape index (κ3) is 1.19. The van der Waals surface area contributed by atoms with Gasteiger partial charge in [-0.3, -0.25) is 0 Å². The highest BCUT2D eigenvalue weighted by Gasteiger charge is 2.34. The average Bonchev–Trinajstić information content (AvgIpc) is 2.34. The van der Waals surface area contributed by atoms with Gasteiger partial charge in [0.1, 0.15) is 0 Å². The molecule has 2 aliphatic rings. The first-order chi connectivity index (χ1) is 4.88. The number of nitrogens with one attached hydrogen (secondary N) is 1. The number of nitrogens with zero attached hydrogens (tertiary/aromatic N) is 1. The zero-order chi connectivity index (χ0) is 6.97. The van der Waals surface area contributed by atoms with Crippen molar-refractivity contribution in [2.75, 3.05) is 19.6 Å². The van der Waals surface area contributed by atoms with Gasteiger partial charge in [-0.2, -0.15) is 0 Å². The van der Waals surface area contributed by atoms with E-state index in [1.54, 1.807) is 0 Å². The topological polar surface area (TPSA) is 15.3 Å². The monoisotopic (exact) mass is 252 g/mol. The number of hydrogen-bond donors (Lipinski definition) is 1. The second-order valence-corrected chi connectivity index (χ2v) is 4.47. The third-order valence-electron chi connectivity index (χ3n) is 2.66. The minimum atomic E-state index is 0.842. The van der Waals surface area contributed by atoms with Crippen molar-refractivity contribution in [2.45, 2.75) is 18.9 Å². The maximum atomic E-state index is 3.44. The van der Waals surface area contributed by atoms with E-state index in [-0.39, 0.29) is 0 Å². The van der Waals surface area contributed by atoms with E-state index >= 15 is 0 Å². The minimum Gasteiger partial charge on any atom is -0.315 e. The van der Waals surface area contributed by atoms with E-state index in [1.165, 1.54) is 32.5 Å². The van der Waals surface area contributed by atoms with E-state index in [2.05, 4.69) is 31.3 Å². The molecule has 0 saturated carbocycles. The second-order valence-electron chi connectivity index (χ2n) is 3.23. The fourth-order valence-corrected chi connectivity index (χ4v) is 2.95. The lowest BCUT2D eigenvalue weighted by Crippen LogP contribution is -2.42. The Hall–Kier alpha value is 0.650. The standard InChI is InChI=1S/C7H13IN2/c8-10-4-2-6-1-3-9-5-7(6)10/h6-7,9H,1-5H2. The van der Waals surface area contributed by atoms with E-state index in [1.807, 2.05) is 0 Å².